The van der Waals surface area contributed by atoms with Gasteiger partial charge in [0, 0.05) is 24.5 Å². The van der Waals surface area contributed by atoms with Gasteiger partial charge < -0.3 is 16.4 Å². The maximum atomic E-state index is 12.6. The summed E-state index contributed by atoms with van der Waals surface area (Å²) in [7, 11) is 0. The predicted octanol–water partition coefficient (Wildman–Crippen LogP) is 2.15. The molecule has 0 spiro atoms. The number of primary amides is 1. The first kappa shape index (κ1) is 14.5. The van der Waals surface area contributed by atoms with Gasteiger partial charge in [0.25, 0.3) is 5.91 Å². The van der Waals surface area contributed by atoms with Crippen LogP contribution in [0.5, 0.6) is 0 Å². The van der Waals surface area contributed by atoms with Crippen LogP contribution in [0.15, 0.2) is 18.2 Å². The summed E-state index contributed by atoms with van der Waals surface area (Å²) in [5, 5.41) is 0. The molecule has 0 aromatic heterocycles. The lowest BCUT2D eigenvalue weighted by Gasteiger charge is -2.35. The van der Waals surface area contributed by atoms with E-state index >= 15 is 0 Å². The lowest BCUT2D eigenvalue weighted by Crippen LogP contribution is -2.39. The number of piperidine rings is 1. The molecular weight excluding hydrogens is 271 g/mol. The maximum Gasteiger partial charge on any atom is 0.391 e. The molecule has 110 valence electrons. The highest BCUT2D eigenvalue weighted by Gasteiger charge is 2.41. The fourth-order valence-corrected chi connectivity index (χ4v) is 2.47. The zero-order chi connectivity index (χ0) is 14.9. The molecular formula is C13H16F3N3O. The second kappa shape index (κ2) is 5.22. The topological polar surface area (TPSA) is 72.3 Å². The molecule has 0 atom stereocenters. The Hall–Kier alpha value is -1.92. The lowest BCUT2D eigenvalue weighted by atomic mass is 9.95. The summed E-state index contributed by atoms with van der Waals surface area (Å²) in [6, 6.07) is 4.69. The van der Waals surface area contributed by atoms with Crippen LogP contribution < -0.4 is 16.4 Å². The van der Waals surface area contributed by atoms with E-state index < -0.39 is 18.0 Å². The number of hydrogen-bond donors (Lipinski definition) is 2. The lowest BCUT2D eigenvalue weighted by molar-refractivity contribution is -0.179. The molecule has 7 heteroatoms. The predicted molar refractivity (Wildman–Crippen MR) is 70.4 cm³/mol. The van der Waals surface area contributed by atoms with Crippen molar-refractivity contribution < 1.29 is 18.0 Å². The zero-order valence-electron chi connectivity index (χ0n) is 10.8. The van der Waals surface area contributed by atoms with Crippen LogP contribution in [0.3, 0.4) is 0 Å². The molecule has 4 N–H and O–H groups in total. The van der Waals surface area contributed by atoms with E-state index in [0.29, 0.717) is 11.4 Å². The first-order valence-electron chi connectivity index (χ1n) is 6.30. The van der Waals surface area contributed by atoms with Gasteiger partial charge in [0.05, 0.1) is 11.5 Å². The van der Waals surface area contributed by atoms with Gasteiger partial charge in [-0.25, -0.2) is 0 Å². The molecule has 1 fully saturated rings. The molecule has 1 aliphatic heterocycles. The van der Waals surface area contributed by atoms with Gasteiger partial charge >= 0.3 is 6.18 Å². The van der Waals surface area contributed by atoms with E-state index in [2.05, 4.69) is 0 Å². The van der Waals surface area contributed by atoms with Crippen LogP contribution in [0.25, 0.3) is 0 Å². The number of carbonyl (C=O) groups excluding carboxylic acids is 1. The fourth-order valence-electron chi connectivity index (χ4n) is 2.47. The summed E-state index contributed by atoms with van der Waals surface area (Å²) in [6.07, 6.45) is -4.11. The van der Waals surface area contributed by atoms with Crippen LogP contribution in [0.4, 0.5) is 24.5 Å². The molecule has 1 aromatic rings. The van der Waals surface area contributed by atoms with Crippen molar-refractivity contribution in [1.82, 2.24) is 0 Å². The highest BCUT2D eigenvalue weighted by Crippen LogP contribution is 2.36. The van der Waals surface area contributed by atoms with E-state index in [1.54, 1.807) is 17.0 Å². The second-order valence-corrected chi connectivity index (χ2v) is 4.94. The largest absolute Gasteiger partial charge is 0.399 e. The summed E-state index contributed by atoms with van der Waals surface area (Å²) in [5.74, 6) is -1.91. The Morgan fingerprint density at radius 2 is 1.85 bits per heavy atom. The SMILES string of the molecule is NC(=O)c1cc(N)ccc1N1CCC(C(F)(F)F)CC1. The number of benzene rings is 1. The van der Waals surface area contributed by atoms with Crippen molar-refractivity contribution in [1.29, 1.82) is 0 Å². The maximum absolute atomic E-state index is 12.6. The van der Waals surface area contributed by atoms with Crippen LogP contribution in [-0.2, 0) is 0 Å². The molecule has 2 rings (SSSR count). The average Bonchev–Trinajstić information content (AvgIpc) is 2.37. The first-order valence-corrected chi connectivity index (χ1v) is 6.30. The van der Waals surface area contributed by atoms with Gasteiger partial charge in [-0.05, 0) is 31.0 Å². The van der Waals surface area contributed by atoms with E-state index in [1.165, 1.54) is 6.07 Å². The fraction of sp³-hybridized carbons (Fsp3) is 0.462. The Balaban J connectivity index is 2.17. The standard InChI is InChI=1S/C13H16F3N3O/c14-13(15,16)8-3-5-19(6-4-8)11-2-1-9(17)7-10(11)12(18)20/h1-2,7-8H,3-6,17H2,(H2,18,20). The third kappa shape index (κ3) is 2.97. The van der Waals surface area contributed by atoms with Crippen LogP contribution in [0.1, 0.15) is 23.2 Å². The van der Waals surface area contributed by atoms with Crippen molar-refractivity contribution >= 4 is 17.3 Å². The Morgan fingerprint density at radius 1 is 1.25 bits per heavy atom. The van der Waals surface area contributed by atoms with Gasteiger partial charge in [-0.15, -0.1) is 0 Å². The number of alkyl halides is 3. The average molecular weight is 287 g/mol. The van der Waals surface area contributed by atoms with E-state index in [0.717, 1.165) is 0 Å². The molecule has 0 bridgehead atoms. The number of halogens is 3. The van der Waals surface area contributed by atoms with Crippen molar-refractivity contribution in [3.63, 3.8) is 0 Å². The number of rotatable bonds is 2. The summed E-state index contributed by atoms with van der Waals surface area (Å²) in [5.41, 5.74) is 12.1. The molecule has 1 amide bonds. The van der Waals surface area contributed by atoms with Crippen molar-refractivity contribution in [3.05, 3.63) is 23.8 Å². The third-order valence-electron chi connectivity index (χ3n) is 3.58. The van der Waals surface area contributed by atoms with Crippen molar-refractivity contribution in [2.24, 2.45) is 11.7 Å². The number of hydrogen-bond acceptors (Lipinski definition) is 3. The summed E-state index contributed by atoms with van der Waals surface area (Å²) >= 11 is 0. The molecule has 1 aromatic carbocycles. The molecule has 0 radical (unpaired) electrons. The Bertz CT molecular complexity index is 508. The van der Waals surface area contributed by atoms with Gasteiger partial charge in [-0.2, -0.15) is 13.2 Å². The number of amides is 1. The monoisotopic (exact) mass is 287 g/mol. The smallest absolute Gasteiger partial charge is 0.391 e. The van der Waals surface area contributed by atoms with Gasteiger partial charge in [-0.1, -0.05) is 0 Å². The van der Waals surface area contributed by atoms with Crippen LogP contribution in [-0.4, -0.2) is 25.2 Å². The van der Waals surface area contributed by atoms with Crippen molar-refractivity contribution in [2.75, 3.05) is 23.7 Å². The van der Waals surface area contributed by atoms with E-state index in [9.17, 15) is 18.0 Å². The normalized spacial score (nSPS) is 17.2. The summed E-state index contributed by atoms with van der Waals surface area (Å²) < 4.78 is 37.9. The van der Waals surface area contributed by atoms with Gasteiger partial charge in [-0.3, -0.25) is 4.79 Å². The molecule has 1 heterocycles. The van der Waals surface area contributed by atoms with Crippen molar-refractivity contribution in [2.45, 2.75) is 19.0 Å². The molecule has 1 saturated heterocycles. The molecule has 0 saturated carbocycles. The van der Waals surface area contributed by atoms with Crippen LogP contribution >= 0.6 is 0 Å². The molecule has 4 nitrogen and oxygen atoms in total. The van der Waals surface area contributed by atoms with Crippen molar-refractivity contribution in [3.8, 4) is 0 Å². The Labute approximate surface area is 114 Å². The first-order chi connectivity index (χ1) is 9.29. The number of carbonyl (C=O) groups is 1. The Kier molecular flexibility index (Phi) is 3.78. The highest BCUT2D eigenvalue weighted by atomic mass is 19.4. The van der Waals surface area contributed by atoms with E-state index in [1.807, 2.05) is 0 Å². The van der Waals surface area contributed by atoms with Gasteiger partial charge in [0.1, 0.15) is 0 Å². The number of anilines is 2. The van der Waals surface area contributed by atoms with Crippen LogP contribution in [0, 0.1) is 5.92 Å². The third-order valence-corrected chi connectivity index (χ3v) is 3.58. The number of nitrogen functional groups attached to an aromatic ring is 1. The minimum Gasteiger partial charge on any atom is -0.399 e. The highest BCUT2D eigenvalue weighted by molar-refractivity contribution is 5.99. The quantitative estimate of drug-likeness (QED) is 0.819. The number of nitrogens with two attached hydrogens (primary N) is 2. The molecule has 1 aliphatic rings. The Morgan fingerprint density at radius 3 is 2.35 bits per heavy atom. The molecule has 0 unspecified atom stereocenters. The molecule has 20 heavy (non-hydrogen) atoms. The zero-order valence-corrected chi connectivity index (χ0v) is 10.8. The van der Waals surface area contributed by atoms with Gasteiger partial charge in [0.2, 0.25) is 0 Å². The molecule has 0 aliphatic carbocycles. The summed E-state index contributed by atoms with van der Waals surface area (Å²) in [6.45, 7) is 0.489. The minimum atomic E-state index is -4.15. The second-order valence-electron chi connectivity index (χ2n) is 4.94. The minimum absolute atomic E-state index is 0.0199. The van der Waals surface area contributed by atoms with Crippen LogP contribution in [0.2, 0.25) is 0 Å². The van der Waals surface area contributed by atoms with E-state index in [-0.39, 0.29) is 31.5 Å². The summed E-state index contributed by atoms with van der Waals surface area (Å²) in [4.78, 5) is 13.2. The number of nitrogens with zero attached hydrogens (tertiary/aromatic N) is 1. The van der Waals surface area contributed by atoms with Gasteiger partial charge in [0.15, 0.2) is 0 Å². The van der Waals surface area contributed by atoms with E-state index in [4.69, 9.17) is 11.5 Å².